The summed E-state index contributed by atoms with van der Waals surface area (Å²) in [4.78, 5) is 2.10. The van der Waals surface area contributed by atoms with E-state index in [1.165, 1.54) is 5.69 Å². The van der Waals surface area contributed by atoms with E-state index in [4.69, 9.17) is 4.74 Å². The van der Waals surface area contributed by atoms with Crippen LogP contribution in [0.4, 0.5) is 5.69 Å². The standard InChI is InChI=1S/C22H27N5OS/c1-4-27-20(16-8-6-5-7-9-16)24-25-22(27)29-15-19-14-23-21(28-19)17-10-12-18(13-11-17)26(2)3/h5-13,19,21,23H,4,14-15H2,1-3H3/t19-,21-/m0/s1. The normalized spacial score (nSPS) is 18.9. The molecule has 4 rings (SSSR count). The maximum atomic E-state index is 6.23. The number of nitrogens with one attached hydrogen (secondary N) is 1. The van der Waals surface area contributed by atoms with Crippen molar-refractivity contribution in [2.45, 2.75) is 31.0 Å². The Kier molecular flexibility index (Phi) is 6.18. The molecule has 6 nitrogen and oxygen atoms in total. The van der Waals surface area contributed by atoms with Gasteiger partial charge in [-0.25, -0.2) is 0 Å². The van der Waals surface area contributed by atoms with E-state index in [-0.39, 0.29) is 12.3 Å². The van der Waals surface area contributed by atoms with Gasteiger partial charge in [-0.15, -0.1) is 10.2 Å². The summed E-state index contributed by atoms with van der Waals surface area (Å²) in [7, 11) is 4.09. The van der Waals surface area contributed by atoms with Crippen molar-refractivity contribution in [1.82, 2.24) is 20.1 Å². The quantitative estimate of drug-likeness (QED) is 0.599. The molecule has 0 amide bonds. The molecular formula is C22H27N5OS. The highest BCUT2D eigenvalue weighted by Gasteiger charge is 2.26. The van der Waals surface area contributed by atoms with Gasteiger partial charge < -0.3 is 14.2 Å². The van der Waals surface area contributed by atoms with E-state index < -0.39 is 0 Å². The van der Waals surface area contributed by atoms with Gasteiger partial charge >= 0.3 is 0 Å². The van der Waals surface area contributed by atoms with Gasteiger partial charge in [-0.3, -0.25) is 5.32 Å². The maximum absolute atomic E-state index is 6.23. The number of ether oxygens (including phenoxy) is 1. The monoisotopic (exact) mass is 409 g/mol. The average molecular weight is 410 g/mol. The molecule has 0 aliphatic carbocycles. The lowest BCUT2D eigenvalue weighted by Gasteiger charge is -2.16. The Bertz CT molecular complexity index is 926. The van der Waals surface area contributed by atoms with E-state index in [9.17, 15) is 0 Å². The molecule has 1 N–H and O–H groups in total. The van der Waals surface area contributed by atoms with E-state index in [0.717, 1.165) is 41.0 Å². The molecule has 1 aliphatic rings. The molecule has 29 heavy (non-hydrogen) atoms. The van der Waals surface area contributed by atoms with Crippen molar-refractivity contribution in [2.24, 2.45) is 0 Å². The summed E-state index contributed by atoms with van der Waals surface area (Å²) < 4.78 is 8.40. The van der Waals surface area contributed by atoms with Crippen LogP contribution < -0.4 is 10.2 Å². The number of thioether (sulfide) groups is 1. The largest absolute Gasteiger partial charge is 0.378 e. The first kappa shape index (κ1) is 19.9. The van der Waals surface area contributed by atoms with Crippen LogP contribution in [0.3, 0.4) is 0 Å². The molecule has 2 heterocycles. The summed E-state index contributed by atoms with van der Waals surface area (Å²) in [6, 6.07) is 18.7. The van der Waals surface area contributed by atoms with Crippen molar-refractivity contribution in [1.29, 1.82) is 0 Å². The lowest BCUT2D eigenvalue weighted by atomic mass is 10.2. The molecule has 1 aromatic heterocycles. The van der Waals surface area contributed by atoms with Crippen molar-refractivity contribution in [3.05, 3.63) is 60.2 Å². The van der Waals surface area contributed by atoms with Gasteiger partial charge in [0, 0.05) is 44.2 Å². The van der Waals surface area contributed by atoms with E-state index in [1.54, 1.807) is 11.8 Å². The van der Waals surface area contributed by atoms with Crippen LogP contribution >= 0.6 is 11.8 Å². The molecule has 0 bridgehead atoms. The van der Waals surface area contributed by atoms with Crippen LogP contribution in [-0.4, -0.2) is 47.3 Å². The summed E-state index contributed by atoms with van der Waals surface area (Å²) in [5.41, 5.74) is 3.44. The highest BCUT2D eigenvalue weighted by molar-refractivity contribution is 7.99. The molecule has 2 atom stereocenters. The fourth-order valence-electron chi connectivity index (χ4n) is 3.42. The molecular weight excluding hydrogens is 382 g/mol. The zero-order valence-corrected chi connectivity index (χ0v) is 17.9. The van der Waals surface area contributed by atoms with Gasteiger partial charge in [0.25, 0.3) is 0 Å². The summed E-state index contributed by atoms with van der Waals surface area (Å²) in [6.45, 7) is 3.80. The second kappa shape index (κ2) is 8.98. The number of benzene rings is 2. The molecule has 0 unspecified atom stereocenters. The molecule has 152 valence electrons. The summed E-state index contributed by atoms with van der Waals surface area (Å²) in [5, 5.41) is 13.3. The number of nitrogens with zero attached hydrogens (tertiary/aromatic N) is 4. The molecule has 1 saturated heterocycles. The lowest BCUT2D eigenvalue weighted by Crippen LogP contribution is -2.17. The Morgan fingerprint density at radius 1 is 1.10 bits per heavy atom. The van der Waals surface area contributed by atoms with Crippen LogP contribution in [-0.2, 0) is 11.3 Å². The third-order valence-electron chi connectivity index (χ3n) is 5.04. The van der Waals surface area contributed by atoms with Crippen molar-refractivity contribution in [2.75, 3.05) is 31.3 Å². The number of hydrogen-bond donors (Lipinski definition) is 1. The second-order valence-corrected chi connectivity index (χ2v) is 8.25. The number of hydrogen-bond acceptors (Lipinski definition) is 6. The minimum atomic E-state index is -0.0549. The fraction of sp³-hybridized carbons (Fsp3) is 0.364. The van der Waals surface area contributed by atoms with Gasteiger partial charge in [0.15, 0.2) is 11.0 Å². The number of anilines is 1. The van der Waals surface area contributed by atoms with Crippen LogP contribution in [0.1, 0.15) is 18.7 Å². The van der Waals surface area contributed by atoms with Crippen LogP contribution in [0.25, 0.3) is 11.4 Å². The highest BCUT2D eigenvalue weighted by Crippen LogP contribution is 2.28. The Hall–Kier alpha value is -2.35. The first-order chi connectivity index (χ1) is 14.2. The van der Waals surface area contributed by atoms with Gasteiger partial charge in [0.1, 0.15) is 6.23 Å². The molecule has 2 aromatic carbocycles. The molecule has 7 heteroatoms. The smallest absolute Gasteiger partial charge is 0.191 e. The van der Waals surface area contributed by atoms with Crippen LogP contribution in [0.5, 0.6) is 0 Å². The van der Waals surface area contributed by atoms with Crippen LogP contribution in [0.15, 0.2) is 59.8 Å². The van der Waals surface area contributed by atoms with Crippen LogP contribution in [0, 0.1) is 0 Å². The SMILES string of the molecule is CCn1c(SC[C@@H]2CN[C@H](c3ccc(N(C)C)cc3)O2)nnc1-c1ccccc1. The fourth-order valence-corrected chi connectivity index (χ4v) is 4.42. The number of aromatic nitrogens is 3. The van der Waals surface area contributed by atoms with E-state index >= 15 is 0 Å². The van der Waals surface area contributed by atoms with E-state index in [1.807, 2.05) is 32.3 Å². The van der Waals surface area contributed by atoms with Gasteiger partial charge in [0.05, 0.1) is 6.10 Å². The Balaban J connectivity index is 1.37. The summed E-state index contributed by atoms with van der Waals surface area (Å²) >= 11 is 1.71. The van der Waals surface area contributed by atoms with Gasteiger partial charge in [-0.1, -0.05) is 54.2 Å². The first-order valence-electron chi connectivity index (χ1n) is 9.93. The van der Waals surface area contributed by atoms with Crippen LogP contribution in [0.2, 0.25) is 0 Å². The van der Waals surface area contributed by atoms with Gasteiger partial charge in [0.2, 0.25) is 0 Å². The lowest BCUT2D eigenvalue weighted by molar-refractivity contribution is 0.0534. The first-order valence-corrected chi connectivity index (χ1v) is 10.9. The third-order valence-corrected chi connectivity index (χ3v) is 6.13. The van der Waals surface area contributed by atoms with Crippen molar-refractivity contribution in [3.63, 3.8) is 0 Å². The van der Waals surface area contributed by atoms with Gasteiger partial charge in [-0.2, -0.15) is 0 Å². The molecule has 1 fully saturated rings. The van der Waals surface area contributed by atoms with E-state index in [0.29, 0.717) is 0 Å². The number of rotatable bonds is 7. The Morgan fingerprint density at radius 2 is 1.86 bits per heavy atom. The Morgan fingerprint density at radius 3 is 2.55 bits per heavy atom. The molecule has 0 spiro atoms. The third kappa shape index (κ3) is 4.47. The van der Waals surface area contributed by atoms with E-state index in [2.05, 4.69) is 68.3 Å². The molecule has 0 radical (unpaired) electrons. The van der Waals surface area contributed by atoms with Gasteiger partial charge in [-0.05, 0) is 24.6 Å². The minimum absolute atomic E-state index is 0.0549. The topological polar surface area (TPSA) is 55.2 Å². The zero-order valence-electron chi connectivity index (χ0n) is 17.1. The predicted octanol–water partition coefficient (Wildman–Crippen LogP) is 3.81. The molecule has 1 aliphatic heterocycles. The molecule has 0 saturated carbocycles. The van der Waals surface area contributed by atoms with Crippen molar-refractivity contribution >= 4 is 17.4 Å². The zero-order chi connectivity index (χ0) is 20.2. The second-order valence-electron chi connectivity index (χ2n) is 7.26. The summed E-state index contributed by atoms with van der Waals surface area (Å²) in [6.07, 6.45) is 0.0847. The highest BCUT2D eigenvalue weighted by atomic mass is 32.2. The minimum Gasteiger partial charge on any atom is -0.378 e. The van der Waals surface area contributed by atoms with Crippen molar-refractivity contribution < 1.29 is 4.74 Å². The predicted molar refractivity (Wildman–Crippen MR) is 118 cm³/mol. The maximum Gasteiger partial charge on any atom is 0.191 e. The Labute approximate surface area is 176 Å². The molecule has 3 aromatic rings. The average Bonchev–Trinajstić information content (AvgIpc) is 3.39. The summed E-state index contributed by atoms with van der Waals surface area (Å²) in [5.74, 6) is 1.76. The van der Waals surface area contributed by atoms with Crippen molar-refractivity contribution in [3.8, 4) is 11.4 Å².